The molecule has 3 aromatic rings. The maximum atomic E-state index is 10.9. The number of aliphatic carboxylic acids is 1. The van der Waals surface area contributed by atoms with Gasteiger partial charge in [0.15, 0.2) is 0 Å². The van der Waals surface area contributed by atoms with Crippen molar-refractivity contribution in [3.05, 3.63) is 59.8 Å². The zero-order valence-electron chi connectivity index (χ0n) is 12.4. The highest BCUT2D eigenvalue weighted by Gasteiger charge is 2.16. The Morgan fingerprint density at radius 1 is 1.27 bits per heavy atom. The minimum absolute atomic E-state index is 0.842. The molecule has 0 bridgehead atoms. The first kappa shape index (κ1) is 14.1. The van der Waals surface area contributed by atoms with Gasteiger partial charge >= 0.3 is 5.97 Å². The summed E-state index contributed by atoms with van der Waals surface area (Å²) in [6, 6.07) is 12.0. The third-order valence-electron chi connectivity index (χ3n) is 3.64. The van der Waals surface area contributed by atoms with Crippen molar-refractivity contribution in [1.82, 2.24) is 9.55 Å². The summed E-state index contributed by atoms with van der Waals surface area (Å²) in [6.07, 6.45) is 4.64. The van der Waals surface area contributed by atoms with E-state index in [-0.39, 0.29) is 0 Å². The average molecular weight is 292 g/mol. The molecule has 0 saturated carbocycles. The molecule has 1 N–H and O–H groups in total. The van der Waals surface area contributed by atoms with Crippen LogP contribution in [0.15, 0.2) is 48.7 Å². The number of pyridine rings is 1. The van der Waals surface area contributed by atoms with Gasteiger partial charge in [-0.15, -0.1) is 0 Å². The number of carboxylic acid groups (broad SMARTS) is 1. The molecule has 0 amide bonds. The number of nitrogens with zero attached hydrogens (tertiary/aromatic N) is 2. The summed E-state index contributed by atoms with van der Waals surface area (Å²) < 4.78 is 2.01. The Hall–Kier alpha value is -2.88. The fraction of sp³-hybridized carbons (Fsp3) is 0.111. The Balaban J connectivity index is 2.36. The van der Waals surface area contributed by atoms with E-state index in [1.165, 1.54) is 6.08 Å². The lowest BCUT2D eigenvalue weighted by atomic mass is 10.0. The second-order valence-electron chi connectivity index (χ2n) is 5.24. The summed E-state index contributed by atoms with van der Waals surface area (Å²) in [5.41, 5.74) is 4.76. The first-order chi connectivity index (χ1) is 10.6. The summed E-state index contributed by atoms with van der Waals surface area (Å²) in [5, 5.41) is 9.92. The number of hydrogen-bond donors (Lipinski definition) is 1. The zero-order valence-corrected chi connectivity index (χ0v) is 12.4. The molecule has 0 atom stereocenters. The van der Waals surface area contributed by atoms with Crippen molar-refractivity contribution >= 4 is 23.1 Å². The number of benzene rings is 1. The van der Waals surface area contributed by atoms with Gasteiger partial charge in [0.2, 0.25) is 0 Å². The number of aromatic nitrogens is 2. The average Bonchev–Trinajstić information content (AvgIpc) is 2.78. The van der Waals surface area contributed by atoms with Crippen LogP contribution in [0.2, 0.25) is 0 Å². The molecule has 4 heteroatoms. The Kier molecular flexibility index (Phi) is 3.51. The molecule has 110 valence electrons. The predicted molar refractivity (Wildman–Crippen MR) is 87.6 cm³/mol. The molecule has 2 aromatic heterocycles. The SMILES string of the molecule is Cc1cnc2c(c1)c(/C=C/C(=O)O)c(-c1ccccc1)n2C. The van der Waals surface area contributed by atoms with Crippen molar-refractivity contribution in [2.75, 3.05) is 0 Å². The molecule has 4 nitrogen and oxygen atoms in total. The standard InChI is InChI=1S/C18H16N2O2/c1-12-10-15-14(8-9-16(21)22)17(13-6-4-3-5-7-13)20(2)18(15)19-11-12/h3-11H,1-2H3,(H,21,22)/b9-8+. The molecule has 0 spiro atoms. The minimum Gasteiger partial charge on any atom is -0.478 e. The van der Waals surface area contributed by atoms with E-state index < -0.39 is 5.97 Å². The third kappa shape index (κ3) is 2.39. The molecule has 0 aliphatic carbocycles. The quantitative estimate of drug-likeness (QED) is 0.750. The second-order valence-corrected chi connectivity index (χ2v) is 5.24. The van der Waals surface area contributed by atoms with Crippen LogP contribution in [0.4, 0.5) is 0 Å². The molecular formula is C18H16N2O2. The van der Waals surface area contributed by atoms with E-state index in [9.17, 15) is 4.79 Å². The fourth-order valence-corrected chi connectivity index (χ4v) is 2.71. The van der Waals surface area contributed by atoms with E-state index in [0.29, 0.717) is 0 Å². The Morgan fingerprint density at radius 3 is 2.68 bits per heavy atom. The van der Waals surface area contributed by atoms with Gasteiger partial charge in [-0.05, 0) is 30.2 Å². The van der Waals surface area contributed by atoms with Crippen LogP contribution >= 0.6 is 0 Å². The van der Waals surface area contributed by atoms with Crippen LogP contribution in [0.5, 0.6) is 0 Å². The van der Waals surface area contributed by atoms with Crippen LogP contribution in [-0.2, 0) is 11.8 Å². The number of hydrogen-bond acceptors (Lipinski definition) is 2. The van der Waals surface area contributed by atoms with Crippen molar-refractivity contribution in [2.45, 2.75) is 6.92 Å². The summed E-state index contributed by atoms with van der Waals surface area (Å²) in [5.74, 6) is -0.961. The van der Waals surface area contributed by atoms with Crippen LogP contribution in [0, 0.1) is 6.92 Å². The van der Waals surface area contributed by atoms with Crippen LogP contribution < -0.4 is 0 Å². The Morgan fingerprint density at radius 2 is 2.00 bits per heavy atom. The fourth-order valence-electron chi connectivity index (χ4n) is 2.71. The smallest absolute Gasteiger partial charge is 0.328 e. The highest BCUT2D eigenvalue weighted by atomic mass is 16.4. The van der Waals surface area contributed by atoms with E-state index in [1.807, 2.05) is 61.1 Å². The highest BCUT2D eigenvalue weighted by molar-refractivity contribution is 5.98. The van der Waals surface area contributed by atoms with E-state index in [0.717, 1.165) is 33.4 Å². The minimum atomic E-state index is -0.961. The number of carboxylic acids is 1. The molecule has 0 fully saturated rings. The van der Waals surface area contributed by atoms with E-state index in [4.69, 9.17) is 5.11 Å². The monoisotopic (exact) mass is 292 g/mol. The molecule has 0 aliphatic rings. The predicted octanol–water partition coefficient (Wildman–Crippen LogP) is 3.65. The summed E-state index contributed by atoms with van der Waals surface area (Å²) >= 11 is 0. The Labute approximate surface area is 128 Å². The van der Waals surface area contributed by atoms with Gasteiger partial charge in [-0.3, -0.25) is 0 Å². The lowest BCUT2D eigenvalue weighted by Gasteiger charge is -2.05. The van der Waals surface area contributed by atoms with E-state index in [2.05, 4.69) is 4.98 Å². The summed E-state index contributed by atoms with van der Waals surface area (Å²) in [7, 11) is 1.95. The maximum absolute atomic E-state index is 10.9. The van der Waals surface area contributed by atoms with Crippen molar-refractivity contribution in [3.63, 3.8) is 0 Å². The highest BCUT2D eigenvalue weighted by Crippen LogP contribution is 2.33. The largest absolute Gasteiger partial charge is 0.478 e. The summed E-state index contributed by atoms with van der Waals surface area (Å²) in [4.78, 5) is 15.4. The summed E-state index contributed by atoms with van der Waals surface area (Å²) in [6.45, 7) is 1.98. The van der Waals surface area contributed by atoms with Gasteiger partial charge in [0.25, 0.3) is 0 Å². The zero-order chi connectivity index (χ0) is 15.7. The van der Waals surface area contributed by atoms with Crippen LogP contribution in [0.3, 0.4) is 0 Å². The normalized spacial score (nSPS) is 11.4. The number of carbonyl (C=O) groups is 1. The van der Waals surface area contributed by atoms with Crippen molar-refractivity contribution in [1.29, 1.82) is 0 Å². The van der Waals surface area contributed by atoms with Gasteiger partial charge in [0.1, 0.15) is 5.65 Å². The molecule has 0 radical (unpaired) electrons. The third-order valence-corrected chi connectivity index (χ3v) is 3.64. The van der Waals surface area contributed by atoms with Crippen molar-refractivity contribution in [3.8, 4) is 11.3 Å². The first-order valence-electron chi connectivity index (χ1n) is 6.99. The lowest BCUT2D eigenvalue weighted by Crippen LogP contribution is -1.94. The van der Waals surface area contributed by atoms with Crippen LogP contribution in [-0.4, -0.2) is 20.6 Å². The molecule has 1 aromatic carbocycles. The van der Waals surface area contributed by atoms with Crippen molar-refractivity contribution in [2.24, 2.45) is 7.05 Å². The van der Waals surface area contributed by atoms with Gasteiger partial charge in [0, 0.05) is 30.3 Å². The number of rotatable bonds is 3. The molecule has 3 rings (SSSR count). The van der Waals surface area contributed by atoms with Gasteiger partial charge in [-0.1, -0.05) is 30.3 Å². The Bertz CT molecular complexity index is 877. The lowest BCUT2D eigenvalue weighted by molar-refractivity contribution is -0.131. The topological polar surface area (TPSA) is 55.1 Å². The second kappa shape index (κ2) is 5.48. The van der Waals surface area contributed by atoms with Gasteiger partial charge < -0.3 is 9.67 Å². The van der Waals surface area contributed by atoms with Gasteiger partial charge in [-0.2, -0.15) is 0 Å². The van der Waals surface area contributed by atoms with E-state index in [1.54, 1.807) is 6.08 Å². The molecule has 2 heterocycles. The van der Waals surface area contributed by atoms with Crippen LogP contribution in [0.25, 0.3) is 28.4 Å². The van der Waals surface area contributed by atoms with Crippen molar-refractivity contribution < 1.29 is 9.90 Å². The maximum Gasteiger partial charge on any atom is 0.328 e. The van der Waals surface area contributed by atoms with Gasteiger partial charge in [-0.25, -0.2) is 9.78 Å². The van der Waals surface area contributed by atoms with Crippen LogP contribution in [0.1, 0.15) is 11.1 Å². The number of fused-ring (bicyclic) bond motifs is 1. The van der Waals surface area contributed by atoms with Gasteiger partial charge in [0.05, 0.1) is 5.69 Å². The van der Waals surface area contributed by atoms with E-state index >= 15 is 0 Å². The molecular weight excluding hydrogens is 276 g/mol. The molecule has 0 saturated heterocycles. The molecule has 0 unspecified atom stereocenters. The molecule has 22 heavy (non-hydrogen) atoms. The first-order valence-corrected chi connectivity index (χ1v) is 6.99. The number of aryl methyl sites for hydroxylation is 2. The molecule has 0 aliphatic heterocycles.